The summed E-state index contributed by atoms with van der Waals surface area (Å²) in [6, 6.07) is 7.43. The van der Waals surface area contributed by atoms with Crippen LogP contribution in [0, 0.1) is 5.92 Å². The molecule has 2 aliphatic rings. The number of rotatable bonds is 7. The highest BCUT2D eigenvalue weighted by Crippen LogP contribution is 2.24. The quantitative estimate of drug-likeness (QED) is 0.710. The summed E-state index contributed by atoms with van der Waals surface area (Å²) in [5.41, 5.74) is 0.605. The molecule has 3 rings (SSSR count). The molecule has 7 heteroatoms. The van der Waals surface area contributed by atoms with Crippen LogP contribution in [0.2, 0.25) is 0 Å². The Morgan fingerprint density at radius 2 is 1.79 bits per heavy atom. The van der Waals surface area contributed by atoms with Crippen LogP contribution in [0.4, 0.5) is 0 Å². The van der Waals surface area contributed by atoms with Gasteiger partial charge in [-0.1, -0.05) is 12.1 Å². The predicted molar refractivity (Wildman–Crippen MR) is 104 cm³/mol. The van der Waals surface area contributed by atoms with Gasteiger partial charge in [0.15, 0.2) is 0 Å². The van der Waals surface area contributed by atoms with Gasteiger partial charge in [-0.25, -0.2) is 0 Å². The normalized spacial score (nSPS) is 18.2. The number of benzene rings is 1. The van der Waals surface area contributed by atoms with Gasteiger partial charge in [-0.15, -0.1) is 0 Å². The second-order valence-corrected chi connectivity index (χ2v) is 7.17. The number of hydrogen-bond acceptors (Lipinski definition) is 5. The van der Waals surface area contributed by atoms with E-state index in [0.29, 0.717) is 56.7 Å². The number of carbonyl (C=O) groups is 2. The first-order chi connectivity index (χ1) is 13.7. The Kier molecular flexibility index (Phi) is 7.68. The second-order valence-electron chi connectivity index (χ2n) is 7.17. The monoisotopic (exact) mass is 390 g/mol. The highest BCUT2D eigenvalue weighted by Gasteiger charge is 2.25. The maximum atomic E-state index is 12.8. The Labute approximate surface area is 166 Å². The van der Waals surface area contributed by atoms with Gasteiger partial charge < -0.3 is 24.0 Å². The molecule has 0 radical (unpaired) electrons. The van der Waals surface area contributed by atoms with E-state index < -0.39 is 0 Å². The van der Waals surface area contributed by atoms with Gasteiger partial charge in [0.1, 0.15) is 12.4 Å². The molecule has 0 bridgehead atoms. The highest BCUT2D eigenvalue weighted by molar-refractivity contribution is 5.97. The third-order valence-electron chi connectivity index (χ3n) is 5.29. The lowest BCUT2D eigenvalue weighted by Crippen LogP contribution is -2.41. The fourth-order valence-electron chi connectivity index (χ4n) is 3.54. The van der Waals surface area contributed by atoms with Crippen LogP contribution in [0.1, 0.15) is 30.1 Å². The van der Waals surface area contributed by atoms with Crippen molar-refractivity contribution >= 4 is 11.8 Å². The van der Waals surface area contributed by atoms with Crippen LogP contribution in [0.3, 0.4) is 0 Å². The number of carbonyl (C=O) groups excluding carboxylic acids is 2. The largest absolute Gasteiger partial charge is 0.492 e. The molecule has 0 spiro atoms. The van der Waals surface area contributed by atoms with Crippen molar-refractivity contribution < 1.29 is 23.8 Å². The minimum absolute atomic E-state index is 0.00441. The third kappa shape index (κ3) is 5.45. The Bertz CT molecular complexity index is 652. The molecule has 2 aliphatic heterocycles. The molecule has 0 atom stereocenters. The Morgan fingerprint density at radius 1 is 1.07 bits per heavy atom. The van der Waals surface area contributed by atoms with Crippen LogP contribution in [-0.4, -0.2) is 80.8 Å². The van der Waals surface area contributed by atoms with E-state index in [4.69, 9.17) is 14.2 Å². The molecule has 2 fully saturated rings. The number of hydrogen-bond donors (Lipinski definition) is 0. The minimum atomic E-state index is -0.00441. The standard InChI is InChI=1S/C21H30N2O5/c1-2-26-16-20(24)22-9-7-17(8-10-22)15-28-19-6-4-3-5-18(19)21(25)23-11-13-27-14-12-23/h3-6,17H,2,7-16H2,1H3. The SMILES string of the molecule is CCOCC(=O)N1CCC(COc2ccccc2C(=O)N2CCOCC2)CC1. The van der Waals surface area contributed by atoms with Gasteiger partial charge in [0, 0.05) is 32.8 Å². The van der Waals surface area contributed by atoms with E-state index in [1.54, 1.807) is 0 Å². The molecule has 0 N–H and O–H groups in total. The van der Waals surface area contributed by atoms with Crippen molar-refractivity contribution in [2.24, 2.45) is 5.92 Å². The van der Waals surface area contributed by atoms with Gasteiger partial charge in [0.2, 0.25) is 5.91 Å². The van der Waals surface area contributed by atoms with Crippen molar-refractivity contribution in [1.82, 2.24) is 9.80 Å². The number of para-hydroxylation sites is 1. The van der Waals surface area contributed by atoms with E-state index in [2.05, 4.69) is 0 Å². The van der Waals surface area contributed by atoms with Gasteiger partial charge in [0.25, 0.3) is 5.91 Å². The first kappa shape index (κ1) is 20.6. The summed E-state index contributed by atoms with van der Waals surface area (Å²) in [5, 5.41) is 0. The lowest BCUT2D eigenvalue weighted by atomic mass is 9.97. The predicted octanol–water partition coefficient (Wildman–Crippen LogP) is 1.81. The van der Waals surface area contributed by atoms with Crippen molar-refractivity contribution in [2.75, 3.05) is 59.2 Å². The zero-order valence-electron chi connectivity index (χ0n) is 16.6. The average molecular weight is 390 g/mol. The molecule has 0 unspecified atom stereocenters. The van der Waals surface area contributed by atoms with Crippen LogP contribution in [0.15, 0.2) is 24.3 Å². The van der Waals surface area contributed by atoms with E-state index in [1.165, 1.54) is 0 Å². The van der Waals surface area contributed by atoms with E-state index >= 15 is 0 Å². The molecule has 0 aliphatic carbocycles. The fraction of sp³-hybridized carbons (Fsp3) is 0.619. The van der Waals surface area contributed by atoms with Crippen LogP contribution in [-0.2, 0) is 14.3 Å². The highest BCUT2D eigenvalue weighted by atomic mass is 16.5. The van der Waals surface area contributed by atoms with Crippen LogP contribution in [0.5, 0.6) is 5.75 Å². The van der Waals surface area contributed by atoms with Gasteiger partial charge in [-0.2, -0.15) is 0 Å². The van der Waals surface area contributed by atoms with E-state index in [0.717, 1.165) is 25.9 Å². The van der Waals surface area contributed by atoms with Crippen molar-refractivity contribution in [3.63, 3.8) is 0 Å². The van der Waals surface area contributed by atoms with Crippen molar-refractivity contribution in [1.29, 1.82) is 0 Å². The molecule has 1 aromatic carbocycles. The number of nitrogens with zero attached hydrogens (tertiary/aromatic N) is 2. The van der Waals surface area contributed by atoms with Crippen LogP contribution >= 0.6 is 0 Å². The molecule has 154 valence electrons. The molecule has 28 heavy (non-hydrogen) atoms. The first-order valence-electron chi connectivity index (χ1n) is 10.1. The summed E-state index contributed by atoms with van der Waals surface area (Å²) >= 11 is 0. The summed E-state index contributed by atoms with van der Waals surface area (Å²) in [6.07, 6.45) is 1.80. The molecule has 0 aromatic heterocycles. The number of ether oxygens (including phenoxy) is 3. The van der Waals surface area contributed by atoms with Crippen molar-refractivity contribution in [3.05, 3.63) is 29.8 Å². The maximum Gasteiger partial charge on any atom is 0.257 e. The molecule has 2 heterocycles. The number of piperidine rings is 1. The van der Waals surface area contributed by atoms with Gasteiger partial charge in [-0.3, -0.25) is 9.59 Å². The summed E-state index contributed by atoms with van der Waals surface area (Å²) < 4.78 is 16.6. The Balaban J connectivity index is 1.50. The Hall–Kier alpha value is -2.12. The number of likely N-dealkylation sites (tertiary alicyclic amines) is 1. The van der Waals surface area contributed by atoms with Gasteiger partial charge in [0.05, 0.1) is 25.4 Å². The van der Waals surface area contributed by atoms with Crippen LogP contribution in [0.25, 0.3) is 0 Å². The maximum absolute atomic E-state index is 12.8. The molecule has 2 saturated heterocycles. The zero-order chi connectivity index (χ0) is 19.8. The lowest BCUT2D eigenvalue weighted by Gasteiger charge is -2.32. The first-order valence-corrected chi connectivity index (χ1v) is 10.1. The molecular weight excluding hydrogens is 360 g/mol. The fourth-order valence-corrected chi connectivity index (χ4v) is 3.54. The van der Waals surface area contributed by atoms with E-state index in [1.807, 2.05) is 41.0 Å². The Morgan fingerprint density at radius 3 is 2.50 bits per heavy atom. The molecular formula is C21H30N2O5. The topological polar surface area (TPSA) is 68.3 Å². The second kappa shape index (κ2) is 10.4. The number of morpholine rings is 1. The third-order valence-corrected chi connectivity index (χ3v) is 5.29. The summed E-state index contributed by atoms with van der Waals surface area (Å²) in [4.78, 5) is 28.5. The van der Waals surface area contributed by atoms with Crippen LogP contribution < -0.4 is 4.74 Å². The van der Waals surface area contributed by atoms with E-state index in [9.17, 15) is 9.59 Å². The summed E-state index contributed by atoms with van der Waals surface area (Å²) in [7, 11) is 0. The minimum Gasteiger partial charge on any atom is -0.492 e. The molecule has 1 aromatic rings. The lowest BCUT2D eigenvalue weighted by molar-refractivity contribution is -0.137. The van der Waals surface area contributed by atoms with E-state index in [-0.39, 0.29) is 18.4 Å². The molecule has 0 saturated carbocycles. The average Bonchev–Trinajstić information content (AvgIpc) is 2.76. The van der Waals surface area contributed by atoms with Gasteiger partial charge in [-0.05, 0) is 37.8 Å². The van der Waals surface area contributed by atoms with Gasteiger partial charge >= 0.3 is 0 Å². The van der Waals surface area contributed by atoms with Crippen molar-refractivity contribution in [3.8, 4) is 5.75 Å². The number of amides is 2. The zero-order valence-corrected chi connectivity index (χ0v) is 16.6. The summed E-state index contributed by atoms with van der Waals surface area (Å²) in [6.45, 7) is 7.00. The molecule has 2 amide bonds. The van der Waals surface area contributed by atoms with Crippen molar-refractivity contribution in [2.45, 2.75) is 19.8 Å². The smallest absolute Gasteiger partial charge is 0.257 e. The molecule has 7 nitrogen and oxygen atoms in total. The summed E-state index contributed by atoms with van der Waals surface area (Å²) in [5.74, 6) is 1.06.